The summed E-state index contributed by atoms with van der Waals surface area (Å²) in [4.78, 5) is 10.4. The van der Waals surface area contributed by atoms with Crippen molar-refractivity contribution in [3.05, 3.63) is 67.9 Å². The van der Waals surface area contributed by atoms with Crippen LogP contribution in [0, 0.1) is 15.9 Å². The minimum absolute atomic E-state index is 0.00189. The number of nitro benzene ring substituents is 1. The van der Waals surface area contributed by atoms with E-state index in [2.05, 4.69) is 5.32 Å². The number of nitrogens with zero attached hydrogens (tertiary/aromatic N) is 1. The Morgan fingerprint density at radius 3 is 2.60 bits per heavy atom. The van der Waals surface area contributed by atoms with E-state index in [-0.39, 0.29) is 28.0 Å². The van der Waals surface area contributed by atoms with Crippen LogP contribution in [-0.2, 0) is 6.54 Å². The van der Waals surface area contributed by atoms with Crippen molar-refractivity contribution in [2.75, 3.05) is 5.32 Å². The lowest BCUT2D eigenvalue weighted by Gasteiger charge is -2.09. The minimum atomic E-state index is -0.522. The molecule has 0 spiro atoms. The van der Waals surface area contributed by atoms with E-state index in [1.54, 1.807) is 6.07 Å². The maximum atomic E-state index is 13.0. The molecule has 0 saturated heterocycles. The number of hydrogen-bond donors (Lipinski definition) is 1. The normalized spacial score (nSPS) is 10.3. The van der Waals surface area contributed by atoms with Crippen LogP contribution in [0.3, 0.4) is 0 Å². The molecule has 0 amide bonds. The first-order chi connectivity index (χ1) is 9.49. The van der Waals surface area contributed by atoms with E-state index in [9.17, 15) is 14.5 Å². The molecule has 4 nitrogen and oxygen atoms in total. The fourth-order valence-corrected chi connectivity index (χ4v) is 2.12. The Morgan fingerprint density at radius 1 is 1.20 bits per heavy atom. The molecule has 2 rings (SSSR count). The highest BCUT2D eigenvalue weighted by atomic mass is 35.5. The Balaban J connectivity index is 2.22. The Bertz CT molecular complexity index is 665. The highest BCUT2D eigenvalue weighted by molar-refractivity contribution is 6.33. The summed E-state index contributed by atoms with van der Waals surface area (Å²) >= 11 is 11.6. The smallest absolute Gasteiger partial charge is 0.293 e. The van der Waals surface area contributed by atoms with Gasteiger partial charge in [-0.3, -0.25) is 10.1 Å². The van der Waals surface area contributed by atoms with Gasteiger partial charge in [-0.05, 0) is 23.8 Å². The third kappa shape index (κ3) is 3.18. The molecule has 0 atom stereocenters. The topological polar surface area (TPSA) is 55.2 Å². The van der Waals surface area contributed by atoms with Gasteiger partial charge in [-0.25, -0.2) is 4.39 Å². The lowest BCUT2D eigenvalue weighted by Crippen LogP contribution is -2.03. The van der Waals surface area contributed by atoms with Crippen LogP contribution in [0.2, 0.25) is 10.0 Å². The zero-order valence-electron chi connectivity index (χ0n) is 10.1. The second-order valence-electron chi connectivity index (χ2n) is 3.99. The predicted molar refractivity (Wildman–Crippen MR) is 76.8 cm³/mol. The van der Waals surface area contributed by atoms with Gasteiger partial charge in [0.2, 0.25) is 0 Å². The van der Waals surface area contributed by atoms with E-state index < -0.39 is 10.7 Å². The molecule has 0 aliphatic rings. The summed E-state index contributed by atoms with van der Waals surface area (Å²) in [5, 5.41) is 14.0. The van der Waals surface area contributed by atoms with E-state index in [0.717, 1.165) is 0 Å². The lowest BCUT2D eigenvalue weighted by molar-refractivity contribution is -0.383. The summed E-state index contributed by atoms with van der Waals surface area (Å²) in [6.07, 6.45) is 0. The molecule has 104 valence electrons. The summed E-state index contributed by atoms with van der Waals surface area (Å²) in [5.74, 6) is -0.515. The van der Waals surface area contributed by atoms with Gasteiger partial charge in [-0.1, -0.05) is 35.3 Å². The van der Waals surface area contributed by atoms with Crippen LogP contribution in [0.5, 0.6) is 0 Å². The minimum Gasteiger partial charge on any atom is -0.374 e. The summed E-state index contributed by atoms with van der Waals surface area (Å²) in [7, 11) is 0. The molecule has 0 aliphatic heterocycles. The van der Waals surface area contributed by atoms with Crippen molar-refractivity contribution in [3.8, 4) is 0 Å². The van der Waals surface area contributed by atoms with Gasteiger partial charge in [0.25, 0.3) is 5.69 Å². The van der Waals surface area contributed by atoms with Gasteiger partial charge in [0.05, 0.1) is 15.0 Å². The molecule has 2 aromatic rings. The maximum absolute atomic E-state index is 13.0. The fourth-order valence-electron chi connectivity index (χ4n) is 1.68. The van der Waals surface area contributed by atoms with E-state index in [4.69, 9.17) is 23.2 Å². The Labute approximate surface area is 124 Å². The van der Waals surface area contributed by atoms with Crippen molar-refractivity contribution in [2.24, 2.45) is 0 Å². The zero-order chi connectivity index (χ0) is 14.7. The zero-order valence-corrected chi connectivity index (χ0v) is 11.6. The van der Waals surface area contributed by atoms with Crippen LogP contribution in [-0.4, -0.2) is 4.92 Å². The molecule has 0 aromatic heterocycles. The average molecular weight is 315 g/mol. The molecule has 7 heteroatoms. The van der Waals surface area contributed by atoms with Crippen LogP contribution in [0.4, 0.5) is 15.8 Å². The van der Waals surface area contributed by atoms with Crippen molar-refractivity contribution in [1.82, 2.24) is 0 Å². The number of halogens is 3. The number of nitrogens with one attached hydrogen (secondary N) is 1. The average Bonchev–Trinajstić information content (AvgIpc) is 2.40. The van der Waals surface area contributed by atoms with Crippen LogP contribution in [0.15, 0.2) is 36.4 Å². The van der Waals surface area contributed by atoms with E-state index in [1.165, 1.54) is 30.3 Å². The molecule has 1 N–H and O–H groups in total. The van der Waals surface area contributed by atoms with Gasteiger partial charge in [-0.15, -0.1) is 0 Å². The van der Waals surface area contributed by atoms with Crippen LogP contribution < -0.4 is 5.32 Å². The molecular weight excluding hydrogens is 306 g/mol. The third-order valence-corrected chi connectivity index (χ3v) is 3.25. The van der Waals surface area contributed by atoms with Crippen LogP contribution in [0.25, 0.3) is 0 Å². The van der Waals surface area contributed by atoms with Crippen LogP contribution >= 0.6 is 23.2 Å². The number of hydrogen-bond acceptors (Lipinski definition) is 3. The number of nitro groups is 1. The SMILES string of the molecule is O=[N+]([O-])c1cccc(Cl)c1NCc1ccc(F)c(Cl)c1. The van der Waals surface area contributed by atoms with Gasteiger partial charge in [0, 0.05) is 12.6 Å². The number of rotatable bonds is 4. The molecule has 0 bridgehead atoms. The summed E-state index contributed by atoms with van der Waals surface area (Å²) < 4.78 is 13.0. The second kappa shape index (κ2) is 6.07. The monoisotopic (exact) mass is 314 g/mol. The van der Waals surface area contributed by atoms with E-state index in [0.29, 0.717) is 5.56 Å². The van der Waals surface area contributed by atoms with Crippen LogP contribution in [0.1, 0.15) is 5.56 Å². The molecule has 0 unspecified atom stereocenters. The first kappa shape index (κ1) is 14.6. The molecule has 0 fully saturated rings. The fraction of sp³-hybridized carbons (Fsp3) is 0.0769. The highest BCUT2D eigenvalue weighted by Gasteiger charge is 2.16. The van der Waals surface area contributed by atoms with Gasteiger partial charge < -0.3 is 5.32 Å². The summed E-state index contributed by atoms with van der Waals surface area (Å²) in [6.45, 7) is 0.241. The standard InChI is InChI=1S/C13H9Cl2FN2O2/c14-9-2-1-3-12(18(19)20)13(9)17-7-8-4-5-11(16)10(15)6-8/h1-6,17H,7H2. The van der Waals surface area contributed by atoms with Gasteiger partial charge >= 0.3 is 0 Å². The predicted octanol–water partition coefficient (Wildman–Crippen LogP) is 4.65. The lowest BCUT2D eigenvalue weighted by atomic mass is 10.2. The Kier molecular flexibility index (Phi) is 4.42. The van der Waals surface area contributed by atoms with Gasteiger partial charge in [-0.2, -0.15) is 0 Å². The molecule has 0 aliphatic carbocycles. The summed E-state index contributed by atoms with van der Waals surface area (Å²) in [6, 6.07) is 8.63. The third-order valence-electron chi connectivity index (χ3n) is 2.64. The quantitative estimate of drug-likeness (QED) is 0.660. The van der Waals surface area contributed by atoms with Crippen molar-refractivity contribution in [1.29, 1.82) is 0 Å². The van der Waals surface area contributed by atoms with Crippen molar-refractivity contribution < 1.29 is 9.31 Å². The molecule has 20 heavy (non-hydrogen) atoms. The van der Waals surface area contributed by atoms with Crippen molar-refractivity contribution >= 4 is 34.6 Å². The molecule has 0 saturated carbocycles. The van der Waals surface area contributed by atoms with Crippen molar-refractivity contribution in [3.63, 3.8) is 0 Å². The molecule has 0 heterocycles. The van der Waals surface area contributed by atoms with E-state index in [1.807, 2.05) is 0 Å². The molecule has 0 radical (unpaired) electrons. The van der Waals surface area contributed by atoms with E-state index >= 15 is 0 Å². The van der Waals surface area contributed by atoms with Gasteiger partial charge in [0.15, 0.2) is 0 Å². The highest BCUT2D eigenvalue weighted by Crippen LogP contribution is 2.32. The van der Waals surface area contributed by atoms with Gasteiger partial charge in [0.1, 0.15) is 11.5 Å². The number of anilines is 1. The largest absolute Gasteiger partial charge is 0.374 e. The Hall–Kier alpha value is -1.85. The Morgan fingerprint density at radius 2 is 1.95 bits per heavy atom. The first-order valence-electron chi connectivity index (χ1n) is 5.59. The maximum Gasteiger partial charge on any atom is 0.293 e. The van der Waals surface area contributed by atoms with Crippen molar-refractivity contribution in [2.45, 2.75) is 6.54 Å². The molecular formula is C13H9Cl2FN2O2. The molecule has 2 aromatic carbocycles. The number of benzene rings is 2. The summed E-state index contributed by atoms with van der Waals surface area (Å²) in [5.41, 5.74) is 0.788. The second-order valence-corrected chi connectivity index (χ2v) is 4.81. The number of para-hydroxylation sites is 1. The first-order valence-corrected chi connectivity index (χ1v) is 6.35.